The SMILES string of the molecule is O=C(CN1CCOc2ccccc21)OCC(=O)c1ccc(-c2ccccc2)cc1. The van der Waals surface area contributed by atoms with Crippen LogP contribution in [0.15, 0.2) is 78.9 Å². The van der Waals surface area contributed by atoms with Crippen molar-refractivity contribution in [3.63, 3.8) is 0 Å². The van der Waals surface area contributed by atoms with Crippen LogP contribution in [0.5, 0.6) is 5.75 Å². The summed E-state index contributed by atoms with van der Waals surface area (Å²) in [6.07, 6.45) is 0. The molecule has 3 aromatic rings. The number of nitrogens with zero attached hydrogens (tertiary/aromatic N) is 1. The minimum atomic E-state index is -0.434. The van der Waals surface area contributed by atoms with Crippen LogP contribution in [0.3, 0.4) is 0 Å². The monoisotopic (exact) mass is 387 g/mol. The third-order valence-electron chi connectivity index (χ3n) is 4.82. The summed E-state index contributed by atoms with van der Waals surface area (Å²) in [6, 6.07) is 24.8. The summed E-state index contributed by atoms with van der Waals surface area (Å²) in [5.74, 6) is 0.0948. The third kappa shape index (κ3) is 4.46. The zero-order chi connectivity index (χ0) is 20.1. The second-order valence-electron chi connectivity index (χ2n) is 6.76. The Kier molecular flexibility index (Phi) is 5.56. The topological polar surface area (TPSA) is 55.8 Å². The number of ether oxygens (including phenoxy) is 2. The van der Waals surface area contributed by atoms with Crippen LogP contribution in [0.1, 0.15) is 10.4 Å². The van der Waals surface area contributed by atoms with Gasteiger partial charge in [-0.1, -0.05) is 66.7 Å². The number of rotatable bonds is 6. The van der Waals surface area contributed by atoms with Crippen molar-refractivity contribution >= 4 is 17.4 Å². The van der Waals surface area contributed by atoms with Gasteiger partial charge in [0.25, 0.3) is 0 Å². The van der Waals surface area contributed by atoms with E-state index in [2.05, 4.69) is 0 Å². The van der Waals surface area contributed by atoms with Gasteiger partial charge in [-0.05, 0) is 23.3 Å². The molecule has 0 bridgehead atoms. The highest BCUT2D eigenvalue weighted by Gasteiger charge is 2.21. The normalized spacial score (nSPS) is 12.6. The predicted molar refractivity (Wildman–Crippen MR) is 111 cm³/mol. The fraction of sp³-hybridized carbons (Fsp3) is 0.167. The van der Waals surface area contributed by atoms with Crippen molar-refractivity contribution in [3.05, 3.63) is 84.4 Å². The molecule has 1 aliphatic rings. The van der Waals surface area contributed by atoms with Crippen LogP contribution in [-0.2, 0) is 9.53 Å². The number of carbonyl (C=O) groups excluding carboxylic acids is 2. The van der Waals surface area contributed by atoms with Gasteiger partial charge in [0.15, 0.2) is 12.4 Å². The molecule has 0 aliphatic carbocycles. The molecule has 1 aliphatic heterocycles. The molecule has 1 heterocycles. The fourth-order valence-corrected chi connectivity index (χ4v) is 3.30. The minimum Gasteiger partial charge on any atom is -0.490 e. The number of hydrogen-bond donors (Lipinski definition) is 0. The lowest BCUT2D eigenvalue weighted by atomic mass is 10.0. The molecule has 0 saturated carbocycles. The van der Waals surface area contributed by atoms with Gasteiger partial charge < -0.3 is 14.4 Å². The summed E-state index contributed by atoms with van der Waals surface area (Å²) in [6.45, 7) is 0.925. The Labute approximate surface area is 169 Å². The molecule has 0 unspecified atom stereocenters. The first-order chi connectivity index (χ1) is 14.2. The molecule has 0 atom stereocenters. The molecule has 0 spiro atoms. The van der Waals surface area contributed by atoms with Gasteiger partial charge in [0, 0.05) is 5.56 Å². The number of hydrogen-bond acceptors (Lipinski definition) is 5. The van der Waals surface area contributed by atoms with Crippen molar-refractivity contribution in [3.8, 4) is 16.9 Å². The van der Waals surface area contributed by atoms with Crippen LogP contribution in [-0.4, -0.2) is 38.1 Å². The summed E-state index contributed by atoms with van der Waals surface area (Å²) in [5, 5.41) is 0. The van der Waals surface area contributed by atoms with E-state index in [9.17, 15) is 9.59 Å². The number of fused-ring (bicyclic) bond motifs is 1. The zero-order valence-corrected chi connectivity index (χ0v) is 15.9. The van der Waals surface area contributed by atoms with Crippen molar-refractivity contribution in [2.45, 2.75) is 0 Å². The highest BCUT2D eigenvalue weighted by atomic mass is 16.5. The average Bonchev–Trinajstić information content (AvgIpc) is 2.78. The lowest BCUT2D eigenvalue weighted by Gasteiger charge is -2.30. The Balaban J connectivity index is 1.32. The number of esters is 1. The van der Waals surface area contributed by atoms with Crippen molar-refractivity contribution in [2.75, 3.05) is 31.2 Å². The van der Waals surface area contributed by atoms with E-state index in [1.54, 1.807) is 12.1 Å². The van der Waals surface area contributed by atoms with Crippen molar-refractivity contribution in [1.29, 1.82) is 0 Å². The van der Waals surface area contributed by atoms with E-state index in [0.717, 1.165) is 22.6 Å². The Morgan fingerprint density at radius 3 is 2.34 bits per heavy atom. The largest absolute Gasteiger partial charge is 0.490 e. The van der Waals surface area contributed by atoms with Gasteiger partial charge in [0.2, 0.25) is 0 Å². The van der Waals surface area contributed by atoms with Crippen LogP contribution >= 0.6 is 0 Å². The Morgan fingerprint density at radius 1 is 0.862 bits per heavy atom. The highest BCUT2D eigenvalue weighted by molar-refractivity contribution is 5.98. The summed E-state index contributed by atoms with van der Waals surface area (Å²) >= 11 is 0. The fourth-order valence-electron chi connectivity index (χ4n) is 3.30. The maximum Gasteiger partial charge on any atom is 0.325 e. The smallest absolute Gasteiger partial charge is 0.325 e. The molecule has 146 valence electrons. The number of ketones is 1. The van der Waals surface area contributed by atoms with E-state index in [4.69, 9.17) is 9.47 Å². The Morgan fingerprint density at radius 2 is 1.55 bits per heavy atom. The molecule has 29 heavy (non-hydrogen) atoms. The first-order valence-electron chi connectivity index (χ1n) is 9.52. The maximum absolute atomic E-state index is 12.4. The van der Waals surface area contributed by atoms with Crippen molar-refractivity contribution in [2.24, 2.45) is 0 Å². The van der Waals surface area contributed by atoms with E-state index < -0.39 is 5.97 Å². The van der Waals surface area contributed by atoms with E-state index >= 15 is 0 Å². The Hall–Kier alpha value is -3.60. The molecule has 0 aromatic heterocycles. The summed E-state index contributed by atoms with van der Waals surface area (Å²) in [4.78, 5) is 26.5. The number of para-hydroxylation sites is 2. The summed E-state index contributed by atoms with van der Waals surface area (Å²) in [5.41, 5.74) is 3.50. The van der Waals surface area contributed by atoms with Gasteiger partial charge >= 0.3 is 5.97 Å². The number of carbonyl (C=O) groups is 2. The van der Waals surface area contributed by atoms with Crippen molar-refractivity contribution in [1.82, 2.24) is 0 Å². The zero-order valence-electron chi connectivity index (χ0n) is 15.9. The second-order valence-corrected chi connectivity index (χ2v) is 6.76. The first-order valence-corrected chi connectivity index (χ1v) is 9.52. The lowest BCUT2D eigenvalue weighted by molar-refractivity contribution is -0.140. The van der Waals surface area contributed by atoms with Gasteiger partial charge in [0.05, 0.1) is 12.2 Å². The molecule has 4 rings (SSSR count). The van der Waals surface area contributed by atoms with E-state index in [1.165, 1.54) is 0 Å². The highest BCUT2D eigenvalue weighted by Crippen LogP contribution is 2.30. The van der Waals surface area contributed by atoms with Gasteiger partial charge in [-0.2, -0.15) is 0 Å². The lowest BCUT2D eigenvalue weighted by Crippen LogP contribution is -2.37. The number of Topliss-reactive ketones (excluding diaryl/α,β-unsaturated/α-hetero) is 1. The van der Waals surface area contributed by atoms with Crippen LogP contribution in [0, 0.1) is 0 Å². The molecule has 5 nitrogen and oxygen atoms in total. The van der Waals surface area contributed by atoms with Crippen LogP contribution in [0.25, 0.3) is 11.1 Å². The summed E-state index contributed by atoms with van der Waals surface area (Å²) in [7, 11) is 0. The second kappa shape index (κ2) is 8.61. The molecule has 0 N–H and O–H groups in total. The summed E-state index contributed by atoms with van der Waals surface area (Å²) < 4.78 is 10.8. The van der Waals surface area contributed by atoms with E-state index in [1.807, 2.05) is 71.6 Å². The average molecular weight is 387 g/mol. The Bertz CT molecular complexity index is 999. The van der Waals surface area contributed by atoms with E-state index in [-0.39, 0.29) is 18.9 Å². The van der Waals surface area contributed by atoms with Gasteiger partial charge in [0.1, 0.15) is 18.9 Å². The van der Waals surface area contributed by atoms with Gasteiger partial charge in [-0.15, -0.1) is 0 Å². The molecular formula is C24H21NO4. The van der Waals surface area contributed by atoms with E-state index in [0.29, 0.717) is 18.7 Å². The molecular weight excluding hydrogens is 366 g/mol. The first kappa shape index (κ1) is 18.7. The van der Waals surface area contributed by atoms with Crippen LogP contribution in [0.2, 0.25) is 0 Å². The predicted octanol–water partition coefficient (Wildman–Crippen LogP) is 3.98. The maximum atomic E-state index is 12.4. The number of benzene rings is 3. The van der Waals surface area contributed by atoms with Crippen LogP contribution < -0.4 is 9.64 Å². The van der Waals surface area contributed by atoms with Gasteiger partial charge in [-0.3, -0.25) is 9.59 Å². The quantitative estimate of drug-likeness (QED) is 0.473. The van der Waals surface area contributed by atoms with Gasteiger partial charge in [-0.25, -0.2) is 0 Å². The number of anilines is 1. The standard InChI is InChI=1S/C24H21NO4/c26-22(20-12-10-19(11-13-20)18-6-2-1-3-7-18)17-29-24(27)16-25-14-15-28-23-9-5-4-8-21(23)25/h1-13H,14-17H2. The molecule has 0 amide bonds. The molecule has 0 radical (unpaired) electrons. The molecule has 0 fully saturated rings. The molecule has 3 aromatic carbocycles. The minimum absolute atomic E-state index is 0.0839. The van der Waals surface area contributed by atoms with Crippen molar-refractivity contribution < 1.29 is 19.1 Å². The third-order valence-corrected chi connectivity index (χ3v) is 4.82. The molecule has 5 heteroatoms. The molecule has 0 saturated heterocycles. The van der Waals surface area contributed by atoms with Crippen LogP contribution in [0.4, 0.5) is 5.69 Å².